The first kappa shape index (κ1) is 12.1. The number of hydrogen-bond donors (Lipinski definition) is 1. The van der Waals surface area contributed by atoms with E-state index in [2.05, 4.69) is 47.1 Å². The maximum absolute atomic E-state index is 6.48. The fourth-order valence-corrected chi connectivity index (χ4v) is 3.25. The summed E-state index contributed by atoms with van der Waals surface area (Å²) in [6.45, 7) is 2.28. The molecule has 1 aromatic carbocycles. The third-order valence-electron chi connectivity index (χ3n) is 4.19. The zero-order chi connectivity index (χ0) is 11.6. The van der Waals surface area contributed by atoms with Crippen molar-refractivity contribution >= 4 is 15.9 Å². The summed E-state index contributed by atoms with van der Waals surface area (Å²) in [5.74, 6) is 0. The average Bonchev–Trinajstić information content (AvgIpc) is 2.79. The molecule has 0 bridgehead atoms. The van der Waals surface area contributed by atoms with Crippen molar-refractivity contribution in [2.45, 2.75) is 45.1 Å². The van der Waals surface area contributed by atoms with Gasteiger partial charge in [0.05, 0.1) is 0 Å². The molecule has 2 rings (SSSR count). The van der Waals surface area contributed by atoms with Crippen LogP contribution in [0.1, 0.15) is 50.6 Å². The Balaban J connectivity index is 2.23. The van der Waals surface area contributed by atoms with Gasteiger partial charge in [-0.15, -0.1) is 0 Å². The Bertz CT molecular complexity index is 338. The molecule has 88 valence electrons. The van der Waals surface area contributed by atoms with Crippen LogP contribution in [-0.2, 0) is 0 Å². The molecule has 0 aromatic heterocycles. The van der Waals surface area contributed by atoms with E-state index in [1.165, 1.54) is 37.7 Å². The smallest absolute Gasteiger partial charge is 0.0352 e. The molecular weight excluding hydrogens is 262 g/mol. The number of rotatable bonds is 3. The molecule has 0 saturated heterocycles. The number of nitrogens with two attached hydrogens (primary N) is 1. The summed E-state index contributed by atoms with van der Waals surface area (Å²) >= 11 is 3.47. The summed E-state index contributed by atoms with van der Waals surface area (Å²) in [6.07, 6.45) is 6.47. The topological polar surface area (TPSA) is 26.0 Å². The Morgan fingerprint density at radius 3 is 2.31 bits per heavy atom. The standard InChI is InChI=1S/C14H20BrN/c1-2-14(9-3-4-10-14)13(16)11-5-7-12(15)8-6-11/h5-8,13H,2-4,9-10,16H2,1H3. The maximum Gasteiger partial charge on any atom is 0.0352 e. The van der Waals surface area contributed by atoms with Gasteiger partial charge in [0.1, 0.15) is 0 Å². The van der Waals surface area contributed by atoms with Crippen LogP contribution in [0.25, 0.3) is 0 Å². The first-order valence-electron chi connectivity index (χ1n) is 6.19. The lowest BCUT2D eigenvalue weighted by atomic mass is 9.74. The molecule has 1 fully saturated rings. The molecular formula is C14H20BrN. The lowest BCUT2D eigenvalue weighted by Crippen LogP contribution is -2.31. The van der Waals surface area contributed by atoms with E-state index in [1.54, 1.807) is 0 Å². The number of hydrogen-bond acceptors (Lipinski definition) is 1. The van der Waals surface area contributed by atoms with Gasteiger partial charge in [-0.1, -0.05) is 47.8 Å². The summed E-state index contributed by atoms with van der Waals surface area (Å²) < 4.78 is 1.13. The quantitative estimate of drug-likeness (QED) is 0.872. The summed E-state index contributed by atoms with van der Waals surface area (Å²) in [7, 11) is 0. The summed E-state index contributed by atoms with van der Waals surface area (Å²) in [4.78, 5) is 0. The Hall–Kier alpha value is -0.340. The van der Waals surface area contributed by atoms with Crippen LogP contribution in [0.3, 0.4) is 0 Å². The summed E-state index contributed by atoms with van der Waals surface area (Å²) in [5.41, 5.74) is 8.12. The first-order valence-corrected chi connectivity index (χ1v) is 6.98. The van der Waals surface area contributed by atoms with E-state index in [9.17, 15) is 0 Å². The van der Waals surface area contributed by atoms with Crippen LogP contribution in [-0.4, -0.2) is 0 Å². The van der Waals surface area contributed by atoms with Crippen molar-refractivity contribution in [2.24, 2.45) is 11.1 Å². The molecule has 0 amide bonds. The minimum atomic E-state index is 0.202. The van der Waals surface area contributed by atoms with Gasteiger partial charge in [-0.3, -0.25) is 0 Å². The Kier molecular flexibility index (Phi) is 3.70. The van der Waals surface area contributed by atoms with Crippen LogP contribution in [0.5, 0.6) is 0 Å². The monoisotopic (exact) mass is 281 g/mol. The van der Waals surface area contributed by atoms with E-state index in [0.717, 1.165) is 4.47 Å². The van der Waals surface area contributed by atoms with Crippen molar-refractivity contribution in [3.63, 3.8) is 0 Å². The van der Waals surface area contributed by atoms with Gasteiger partial charge in [0.25, 0.3) is 0 Å². The molecule has 2 N–H and O–H groups in total. The Morgan fingerprint density at radius 1 is 1.25 bits per heavy atom. The molecule has 1 aliphatic rings. The Labute approximate surface area is 107 Å². The fraction of sp³-hybridized carbons (Fsp3) is 0.571. The molecule has 1 atom stereocenters. The van der Waals surface area contributed by atoms with Crippen LogP contribution in [0.4, 0.5) is 0 Å². The van der Waals surface area contributed by atoms with Gasteiger partial charge >= 0.3 is 0 Å². The lowest BCUT2D eigenvalue weighted by Gasteiger charge is -2.34. The van der Waals surface area contributed by atoms with Gasteiger partial charge in [-0.05, 0) is 42.4 Å². The highest BCUT2D eigenvalue weighted by Gasteiger charge is 2.38. The van der Waals surface area contributed by atoms with E-state index in [4.69, 9.17) is 5.73 Å². The van der Waals surface area contributed by atoms with Crippen molar-refractivity contribution in [3.8, 4) is 0 Å². The van der Waals surface area contributed by atoms with Crippen molar-refractivity contribution in [3.05, 3.63) is 34.3 Å². The average molecular weight is 282 g/mol. The van der Waals surface area contributed by atoms with Gasteiger partial charge < -0.3 is 5.73 Å². The molecule has 1 unspecified atom stereocenters. The molecule has 0 spiro atoms. The second kappa shape index (κ2) is 4.89. The molecule has 1 nitrogen and oxygen atoms in total. The molecule has 1 aromatic rings. The largest absolute Gasteiger partial charge is 0.323 e. The van der Waals surface area contributed by atoms with Crippen molar-refractivity contribution in [1.82, 2.24) is 0 Å². The molecule has 16 heavy (non-hydrogen) atoms. The minimum absolute atomic E-state index is 0.202. The second-order valence-electron chi connectivity index (χ2n) is 4.95. The first-order chi connectivity index (χ1) is 7.68. The van der Waals surface area contributed by atoms with Gasteiger partial charge in [-0.25, -0.2) is 0 Å². The third-order valence-corrected chi connectivity index (χ3v) is 4.72. The predicted octanol–water partition coefficient (Wildman–Crippen LogP) is 4.42. The summed E-state index contributed by atoms with van der Waals surface area (Å²) in [6, 6.07) is 8.70. The van der Waals surface area contributed by atoms with Gasteiger partial charge in [0, 0.05) is 10.5 Å². The number of benzene rings is 1. The lowest BCUT2D eigenvalue weighted by molar-refractivity contribution is 0.222. The Morgan fingerprint density at radius 2 is 1.81 bits per heavy atom. The second-order valence-corrected chi connectivity index (χ2v) is 5.87. The van der Waals surface area contributed by atoms with Crippen LogP contribution in [0.2, 0.25) is 0 Å². The van der Waals surface area contributed by atoms with Crippen LogP contribution >= 0.6 is 15.9 Å². The molecule has 0 radical (unpaired) electrons. The highest BCUT2D eigenvalue weighted by molar-refractivity contribution is 9.10. The van der Waals surface area contributed by atoms with E-state index in [0.29, 0.717) is 5.41 Å². The van der Waals surface area contributed by atoms with Gasteiger partial charge in [0.2, 0.25) is 0 Å². The van der Waals surface area contributed by atoms with E-state index in [-0.39, 0.29) is 6.04 Å². The zero-order valence-corrected chi connectivity index (χ0v) is 11.5. The molecule has 1 aliphatic carbocycles. The van der Waals surface area contributed by atoms with Crippen molar-refractivity contribution in [1.29, 1.82) is 0 Å². The fourth-order valence-electron chi connectivity index (χ4n) is 2.99. The van der Waals surface area contributed by atoms with Gasteiger partial charge in [-0.2, -0.15) is 0 Å². The SMILES string of the molecule is CCC1(C(N)c2ccc(Br)cc2)CCCC1. The van der Waals surface area contributed by atoms with Gasteiger partial charge in [0.15, 0.2) is 0 Å². The van der Waals surface area contributed by atoms with Crippen LogP contribution in [0.15, 0.2) is 28.7 Å². The van der Waals surface area contributed by atoms with E-state index >= 15 is 0 Å². The molecule has 0 heterocycles. The highest BCUT2D eigenvalue weighted by Crippen LogP contribution is 2.48. The van der Waals surface area contributed by atoms with E-state index < -0.39 is 0 Å². The third kappa shape index (κ3) is 2.18. The molecule has 2 heteroatoms. The highest BCUT2D eigenvalue weighted by atomic mass is 79.9. The normalized spacial score (nSPS) is 20.9. The van der Waals surface area contributed by atoms with Crippen molar-refractivity contribution in [2.75, 3.05) is 0 Å². The van der Waals surface area contributed by atoms with Crippen molar-refractivity contribution < 1.29 is 0 Å². The zero-order valence-electron chi connectivity index (χ0n) is 9.88. The maximum atomic E-state index is 6.48. The minimum Gasteiger partial charge on any atom is -0.323 e. The predicted molar refractivity (Wildman–Crippen MR) is 72.3 cm³/mol. The van der Waals surface area contributed by atoms with E-state index in [1.807, 2.05) is 0 Å². The summed E-state index contributed by atoms with van der Waals surface area (Å²) in [5, 5.41) is 0. The number of halogens is 1. The molecule has 1 saturated carbocycles. The molecule has 0 aliphatic heterocycles. The van der Waals surface area contributed by atoms with Crippen LogP contribution in [0, 0.1) is 5.41 Å². The van der Waals surface area contributed by atoms with Crippen LogP contribution < -0.4 is 5.73 Å².